The molecule has 2 rings (SSSR count). The van der Waals surface area contributed by atoms with Crippen LogP contribution in [0.4, 0.5) is 0 Å². The number of carboxylic acid groups (broad SMARTS) is 2. The van der Waals surface area contributed by atoms with Gasteiger partial charge in [0.25, 0.3) is 11.9 Å². The van der Waals surface area contributed by atoms with E-state index in [-0.39, 0.29) is 28.9 Å². The number of hydrogen-bond acceptors (Lipinski definition) is 2. The van der Waals surface area contributed by atoms with Gasteiger partial charge in [-0.15, -0.1) is 13.1 Å². The van der Waals surface area contributed by atoms with Crippen LogP contribution in [-0.4, -0.2) is 34.2 Å². The van der Waals surface area contributed by atoms with Gasteiger partial charge >= 0.3 is 17.1 Å². The number of carboxylic acids is 2. The molecule has 0 fully saturated rings. The van der Waals surface area contributed by atoms with Crippen LogP contribution in [0.5, 0.6) is 0 Å². The molecule has 0 heterocycles. The fourth-order valence-electron chi connectivity index (χ4n) is 2.72. The molecule has 173 valence electrons. The molecule has 6 nitrogen and oxygen atoms in total. The topological polar surface area (TPSA) is 103 Å². The van der Waals surface area contributed by atoms with Crippen molar-refractivity contribution in [3.05, 3.63) is 82.4 Å². The molecule has 0 saturated heterocycles. The van der Waals surface area contributed by atoms with Crippen molar-refractivity contribution in [1.82, 2.24) is 0 Å². The zero-order chi connectivity index (χ0) is 22.5. The van der Waals surface area contributed by atoms with E-state index in [2.05, 4.69) is 10.6 Å². The predicted molar refractivity (Wildman–Crippen MR) is 120 cm³/mol. The molecule has 2 aromatic rings. The smallest absolute Gasteiger partial charge is 0.646 e. The molecule has 7 heteroatoms. The molecule has 0 aliphatic rings. The summed E-state index contributed by atoms with van der Waals surface area (Å²) >= 11 is 0. The SMILES string of the molecule is CC(C)C([N-]Cc1ccccc1)C(=O)O.CC(C)C([N-]Cc1ccccc1)C(=O)O.[Cu+2]. The summed E-state index contributed by atoms with van der Waals surface area (Å²) < 4.78 is 0. The van der Waals surface area contributed by atoms with Crippen LogP contribution in [0.25, 0.3) is 10.6 Å². The summed E-state index contributed by atoms with van der Waals surface area (Å²) in [5.41, 5.74) is 2.09. The molecule has 2 aromatic carbocycles. The van der Waals surface area contributed by atoms with Crippen molar-refractivity contribution >= 4 is 11.9 Å². The van der Waals surface area contributed by atoms with Gasteiger partial charge in [0.2, 0.25) is 0 Å². The summed E-state index contributed by atoms with van der Waals surface area (Å²) in [6.07, 6.45) is 0. The Balaban J connectivity index is 0.000000562. The molecule has 0 aliphatic heterocycles. The van der Waals surface area contributed by atoms with Gasteiger partial charge in [-0.25, -0.2) is 0 Å². The number of nitrogens with zero attached hydrogens (tertiary/aromatic N) is 2. The third kappa shape index (κ3) is 11.7. The molecular weight excluding hydrogens is 444 g/mol. The number of rotatable bonds is 10. The molecule has 0 aliphatic carbocycles. The van der Waals surface area contributed by atoms with Crippen LogP contribution in [0.3, 0.4) is 0 Å². The summed E-state index contributed by atoms with van der Waals surface area (Å²) in [5.74, 6) is -1.63. The molecule has 31 heavy (non-hydrogen) atoms. The maximum atomic E-state index is 10.9. The van der Waals surface area contributed by atoms with Crippen molar-refractivity contribution in [3.8, 4) is 0 Å². The van der Waals surface area contributed by atoms with Crippen molar-refractivity contribution < 1.29 is 36.9 Å². The first-order chi connectivity index (χ1) is 14.2. The fourth-order valence-corrected chi connectivity index (χ4v) is 2.72. The van der Waals surface area contributed by atoms with Gasteiger partial charge in [0.15, 0.2) is 0 Å². The Labute approximate surface area is 195 Å². The van der Waals surface area contributed by atoms with Gasteiger partial charge in [0, 0.05) is 0 Å². The summed E-state index contributed by atoms with van der Waals surface area (Å²) in [7, 11) is 0. The predicted octanol–water partition coefficient (Wildman–Crippen LogP) is 5.34. The van der Waals surface area contributed by atoms with Crippen LogP contribution < -0.4 is 0 Å². The molecular formula is C24H32CuN2O4. The van der Waals surface area contributed by atoms with Gasteiger partial charge in [-0.2, -0.15) is 0 Å². The summed E-state index contributed by atoms with van der Waals surface area (Å²) in [4.78, 5) is 21.7. The van der Waals surface area contributed by atoms with Crippen LogP contribution >= 0.6 is 0 Å². The maximum Gasteiger partial charge on any atom is 2.00 e. The van der Waals surface area contributed by atoms with Gasteiger partial charge in [-0.3, -0.25) is 9.59 Å². The Morgan fingerprint density at radius 1 is 0.677 bits per heavy atom. The monoisotopic (exact) mass is 475 g/mol. The van der Waals surface area contributed by atoms with Crippen LogP contribution in [0.2, 0.25) is 0 Å². The van der Waals surface area contributed by atoms with Gasteiger partial charge in [0.1, 0.15) is 0 Å². The quantitative estimate of drug-likeness (QED) is 0.453. The third-order valence-corrected chi connectivity index (χ3v) is 4.40. The number of benzene rings is 2. The van der Waals surface area contributed by atoms with E-state index >= 15 is 0 Å². The normalized spacial score (nSPS) is 12.3. The largest absolute Gasteiger partial charge is 2.00 e. The second-order valence-corrected chi connectivity index (χ2v) is 7.71. The first-order valence-electron chi connectivity index (χ1n) is 10.1. The Morgan fingerprint density at radius 2 is 0.968 bits per heavy atom. The van der Waals surface area contributed by atoms with Gasteiger partial charge in [-0.05, 0) is 12.1 Å². The third-order valence-electron chi connectivity index (χ3n) is 4.40. The second kappa shape index (κ2) is 15.6. The molecule has 0 spiro atoms. The summed E-state index contributed by atoms with van der Waals surface area (Å²) in [6, 6.07) is 18.1. The van der Waals surface area contributed by atoms with E-state index in [1.54, 1.807) is 0 Å². The average Bonchev–Trinajstić information content (AvgIpc) is 2.69. The van der Waals surface area contributed by atoms with Crippen LogP contribution in [0.1, 0.15) is 38.8 Å². The van der Waals surface area contributed by atoms with Gasteiger partial charge < -0.3 is 20.8 Å². The average molecular weight is 476 g/mol. The second-order valence-electron chi connectivity index (χ2n) is 7.71. The molecule has 0 saturated carbocycles. The van der Waals surface area contributed by atoms with E-state index in [4.69, 9.17) is 10.2 Å². The molecule has 0 amide bonds. The van der Waals surface area contributed by atoms with E-state index in [9.17, 15) is 9.59 Å². The Hall–Kier alpha value is -2.18. The standard InChI is InChI=1S/2C12H16NO2.Cu/c2*1-9(2)11(12(14)15)13-8-10-6-4-3-5-7-10;/h2*3-7,9,11H,8H2,1-2H3,(H,14,15);/q2*-1;+2. The van der Waals surface area contributed by atoms with Crippen molar-refractivity contribution in [2.75, 3.05) is 0 Å². The summed E-state index contributed by atoms with van der Waals surface area (Å²) in [6.45, 7) is 8.41. The van der Waals surface area contributed by atoms with Crippen molar-refractivity contribution in [1.29, 1.82) is 0 Å². The van der Waals surface area contributed by atoms with Crippen LogP contribution in [-0.2, 0) is 39.7 Å². The van der Waals surface area contributed by atoms with Gasteiger partial charge in [-0.1, -0.05) is 111 Å². The molecule has 2 N–H and O–H groups in total. The minimum atomic E-state index is -0.846. The Bertz CT molecular complexity index is 689. The van der Waals surface area contributed by atoms with Crippen molar-refractivity contribution in [3.63, 3.8) is 0 Å². The molecule has 2 unspecified atom stereocenters. The maximum absolute atomic E-state index is 10.9. The van der Waals surface area contributed by atoms with E-state index in [1.807, 2.05) is 88.4 Å². The van der Waals surface area contributed by atoms with Crippen LogP contribution in [0, 0.1) is 11.8 Å². The van der Waals surface area contributed by atoms with E-state index < -0.39 is 24.0 Å². The van der Waals surface area contributed by atoms with E-state index in [0.29, 0.717) is 13.1 Å². The zero-order valence-corrected chi connectivity index (χ0v) is 19.3. The molecule has 2 atom stereocenters. The first-order valence-corrected chi connectivity index (χ1v) is 10.1. The van der Waals surface area contributed by atoms with Crippen molar-refractivity contribution in [2.45, 2.75) is 52.9 Å². The molecule has 1 radical (unpaired) electrons. The molecule has 0 aromatic heterocycles. The minimum Gasteiger partial charge on any atom is -0.646 e. The van der Waals surface area contributed by atoms with Crippen LogP contribution in [0.15, 0.2) is 60.7 Å². The number of hydrogen-bond donors (Lipinski definition) is 2. The minimum absolute atomic E-state index is 0. The Kier molecular flexibility index (Phi) is 14.5. The van der Waals surface area contributed by atoms with Gasteiger partial charge in [0.05, 0.1) is 0 Å². The Morgan fingerprint density at radius 3 is 1.19 bits per heavy atom. The fraction of sp³-hybridized carbons (Fsp3) is 0.417. The molecule has 0 bridgehead atoms. The zero-order valence-electron chi connectivity index (χ0n) is 18.4. The van der Waals surface area contributed by atoms with E-state index in [0.717, 1.165) is 11.1 Å². The van der Waals surface area contributed by atoms with Crippen molar-refractivity contribution in [2.24, 2.45) is 11.8 Å². The number of carbonyl (C=O) groups is 2. The first kappa shape index (κ1) is 28.8. The summed E-state index contributed by atoms with van der Waals surface area (Å²) in [5, 5.41) is 26.2. The van der Waals surface area contributed by atoms with E-state index in [1.165, 1.54) is 0 Å². The number of aliphatic carboxylic acids is 2.